The predicted molar refractivity (Wildman–Crippen MR) is 106 cm³/mol. The topological polar surface area (TPSA) is 43.9 Å². The van der Waals surface area contributed by atoms with E-state index in [0.717, 1.165) is 32.7 Å². The molecule has 0 bridgehead atoms. The zero-order valence-electron chi connectivity index (χ0n) is 15.1. The molecule has 4 rings (SSSR count). The molecule has 0 spiro atoms. The van der Waals surface area contributed by atoms with Gasteiger partial charge in [-0.2, -0.15) is 0 Å². The maximum absolute atomic E-state index is 12.9. The van der Waals surface area contributed by atoms with E-state index in [9.17, 15) is 9.59 Å². The van der Waals surface area contributed by atoms with Crippen molar-refractivity contribution in [1.82, 2.24) is 9.80 Å². The molecule has 2 aromatic rings. The maximum Gasteiger partial charge on any atom is 0.251 e. The van der Waals surface area contributed by atoms with E-state index >= 15 is 0 Å². The number of carbonyl (C=O) groups is 2. The molecular weight excluding hydrogens is 362 g/mol. The highest BCUT2D eigenvalue weighted by atomic mass is 35.5. The van der Waals surface area contributed by atoms with Gasteiger partial charge in [-0.15, -0.1) is 0 Å². The van der Waals surface area contributed by atoms with Crippen molar-refractivity contribution in [3.63, 3.8) is 0 Å². The predicted octanol–water partition coefficient (Wildman–Crippen LogP) is 2.79. The smallest absolute Gasteiger partial charge is 0.251 e. The summed E-state index contributed by atoms with van der Waals surface area (Å²) in [7, 11) is 0. The number of halogens is 1. The van der Waals surface area contributed by atoms with E-state index in [2.05, 4.69) is 34.1 Å². The Balaban J connectivity index is 1.39. The van der Waals surface area contributed by atoms with Crippen molar-refractivity contribution in [3.8, 4) is 0 Å². The monoisotopic (exact) mass is 383 g/mol. The first-order chi connectivity index (χ1) is 13.1. The largest absolute Gasteiger partial charge is 0.297 e. The standard InChI is InChI=1S/C21H22ClN3O2/c22-17-7-4-8-18(13-17)25-20(26)14-19(21(25)27)24-11-9-23(10-12-24)15-16-5-2-1-3-6-16/h1-8,13,19H,9-12,14-15H2/t19-/m1/s1. The Labute approximate surface area is 164 Å². The highest BCUT2D eigenvalue weighted by molar-refractivity contribution is 6.31. The lowest BCUT2D eigenvalue weighted by Crippen LogP contribution is -2.52. The lowest BCUT2D eigenvalue weighted by atomic mass is 10.1. The van der Waals surface area contributed by atoms with Gasteiger partial charge in [-0.1, -0.05) is 48.0 Å². The Bertz CT molecular complexity index is 834. The molecule has 0 saturated carbocycles. The molecule has 0 N–H and O–H groups in total. The van der Waals surface area contributed by atoms with Crippen LogP contribution in [0.1, 0.15) is 12.0 Å². The molecule has 5 nitrogen and oxygen atoms in total. The van der Waals surface area contributed by atoms with E-state index in [4.69, 9.17) is 11.6 Å². The molecule has 2 aromatic carbocycles. The number of anilines is 1. The summed E-state index contributed by atoms with van der Waals surface area (Å²) in [6.45, 7) is 4.29. The van der Waals surface area contributed by atoms with Crippen molar-refractivity contribution in [2.45, 2.75) is 19.0 Å². The molecule has 2 amide bonds. The van der Waals surface area contributed by atoms with Crippen LogP contribution in [0.25, 0.3) is 0 Å². The number of amides is 2. The van der Waals surface area contributed by atoms with E-state index < -0.39 is 0 Å². The van der Waals surface area contributed by atoms with Crippen LogP contribution in [-0.2, 0) is 16.1 Å². The first-order valence-electron chi connectivity index (χ1n) is 9.24. The number of rotatable bonds is 4. The van der Waals surface area contributed by atoms with Gasteiger partial charge in [-0.05, 0) is 23.8 Å². The lowest BCUT2D eigenvalue weighted by molar-refractivity contribution is -0.123. The van der Waals surface area contributed by atoms with Crippen molar-refractivity contribution in [3.05, 3.63) is 65.2 Å². The number of hydrogen-bond donors (Lipinski definition) is 0. The van der Waals surface area contributed by atoms with E-state index in [1.807, 2.05) is 6.07 Å². The minimum Gasteiger partial charge on any atom is -0.297 e. The van der Waals surface area contributed by atoms with Crippen LogP contribution in [0.4, 0.5) is 5.69 Å². The lowest BCUT2D eigenvalue weighted by Gasteiger charge is -2.37. The molecule has 2 aliphatic rings. The van der Waals surface area contributed by atoms with Gasteiger partial charge < -0.3 is 0 Å². The van der Waals surface area contributed by atoms with E-state index in [1.54, 1.807) is 24.3 Å². The molecular formula is C21H22ClN3O2. The van der Waals surface area contributed by atoms with Crippen molar-refractivity contribution in [1.29, 1.82) is 0 Å². The summed E-state index contributed by atoms with van der Waals surface area (Å²) < 4.78 is 0. The fraction of sp³-hybridized carbons (Fsp3) is 0.333. The van der Waals surface area contributed by atoms with Gasteiger partial charge in [0.15, 0.2) is 0 Å². The fourth-order valence-electron chi connectivity index (χ4n) is 3.86. The number of imide groups is 1. The Hall–Kier alpha value is -2.21. The average Bonchev–Trinajstić information content (AvgIpc) is 2.97. The van der Waals surface area contributed by atoms with Crippen LogP contribution in [0.5, 0.6) is 0 Å². The van der Waals surface area contributed by atoms with E-state index in [0.29, 0.717) is 10.7 Å². The zero-order chi connectivity index (χ0) is 18.8. The van der Waals surface area contributed by atoms with Crippen LogP contribution in [0.2, 0.25) is 5.02 Å². The van der Waals surface area contributed by atoms with E-state index in [1.165, 1.54) is 10.5 Å². The highest BCUT2D eigenvalue weighted by Crippen LogP contribution is 2.28. The van der Waals surface area contributed by atoms with Crippen LogP contribution < -0.4 is 4.90 Å². The van der Waals surface area contributed by atoms with Gasteiger partial charge in [0.1, 0.15) is 0 Å². The molecule has 2 heterocycles. The summed E-state index contributed by atoms with van der Waals surface area (Å²) >= 11 is 6.02. The van der Waals surface area contributed by atoms with Crippen molar-refractivity contribution < 1.29 is 9.59 Å². The number of hydrogen-bond acceptors (Lipinski definition) is 4. The summed E-state index contributed by atoms with van der Waals surface area (Å²) in [5.74, 6) is -0.294. The molecule has 2 saturated heterocycles. The Kier molecular flexibility index (Phi) is 5.25. The second-order valence-electron chi connectivity index (χ2n) is 7.06. The Morgan fingerprint density at radius 3 is 2.37 bits per heavy atom. The van der Waals surface area contributed by atoms with Crippen LogP contribution in [0.3, 0.4) is 0 Å². The third kappa shape index (κ3) is 3.90. The first kappa shape index (κ1) is 18.2. The van der Waals surface area contributed by atoms with Crippen molar-refractivity contribution in [2.75, 3.05) is 31.1 Å². The quantitative estimate of drug-likeness (QED) is 0.761. The number of benzene rings is 2. The van der Waals surface area contributed by atoms with Gasteiger partial charge in [0, 0.05) is 37.7 Å². The average molecular weight is 384 g/mol. The molecule has 0 unspecified atom stereocenters. The summed E-state index contributed by atoms with van der Waals surface area (Å²) in [5, 5.41) is 0.520. The second kappa shape index (κ2) is 7.80. The first-order valence-corrected chi connectivity index (χ1v) is 9.62. The Morgan fingerprint density at radius 2 is 1.67 bits per heavy atom. The second-order valence-corrected chi connectivity index (χ2v) is 7.50. The number of piperazine rings is 1. The van der Waals surface area contributed by atoms with Crippen molar-refractivity contribution >= 4 is 29.1 Å². The van der Waals surface area contributed by atoms with Gasteiger partial charge in [-0.25, -0.2) is 4.90 Å². The summed E-state index contributed by atoms with van der Waals surface area (Å²) in [6, 6.07) is 16.9. The van der Waals surface area contributed by atoms with Crippen LogP contribution in [0, 0.1) is 0 Å². The fourth-order valence-corrected chi connectivity index (χ4v) is 4.05. The van der Waals surface area contributed by atoms with Crippen molar-refractivity contribution in [2.24, 2.45) is 0 Å². The summed E-state index contributed by atoms with van der Waals surface area (Å²) in [6.07, 6.45) is 0.240. The highest BCUT2D eigenvalue weighted by Gasteiger charge is 2.43. The molecule has 27 heavy (non-hydrogen) atoms. The third-order valence-corrected chi connectivity index (χ3v) is 5.52. The molecule has 0 aromatic heterocycles. The van der Waals surface area contributed by atoms with Gasteiger partial charge in [0.25, 0.3) is 5.91 Å². The van der Waals surface area contributed by atoms with E-state index in [-0.39, 0.29) is 24.3 Å². The van der Waals surface area contributed by atoms with Gasteiger partial charge in [0.05, 0.1) is 18.2 Å². The molecule has 1 atom stereocenters. The molecule has 0 aliphatic carbocycles. The van der Waals surface area contributed by atoms with Crippen LogP contribution in [-0.4, -0.2) is 53.8 Å². The summed E-state index contributed by atoms with van der Waals surface area (Å²) in [4.78, 5) is 31.2. The minimum atomic E-state index is -0.365. The molecule has 2 aliphatic heterocycles. The molecule has 140 valence electrons. The maximum atomic E-state index is 12.9. The van der Waals surface area contributed by atoms with Gasteiger partial charge >= 0.3 is 0 Å². The van der Waals surface area contributed by atoms with Gasteiger partial charge in [-0.3, -0.25) is 19.4 Å². The zero-order valence-corrected chi connectivity index (χ0v) is 15.8. The molecule has 2 fully saturated rings. The Morgan fingerprint density at radius 1 is 0.926 bits per heavy atom. The van der Waals surface area contributed by atoms with Crippen LogP contribution in [0.15, 0.2) is 54.6 Å². The SMILES string of the molecule is O=C1C[C@@H](N2CCN(Cc3ccccc3)CC2)C(=O)N1c1cccc(Cl)c1. The third-order valence-electron chi connectivity index (χ3n) is 5.29. The molecule has 0 radical (unpaired) electrons. The normalized spacial score (nSPS) is 21.8. The summed E-state index contributed by atoms with van der Waals surface area (Å²) in [5.41, 5.74) is 1.85. The number of carbonyl (C=O) groups excluding carboxylic acids is 2. The number of nitrogens with zero attached hydrogens (tertiary/aromatic N) is 3. The van der Waals surface area contributed by atoms with Gasteiger partial charge in [0.2, 0.25) is 5.91 Å². The molecule has 6 heteroatoms. The van der Waals surface area contributed by atoms with Crippen LogP contribution >= 0.6 is 11.6 Å². The minimum absolute atomic E-state index is 0.140.